The zero-order valence-corrected chi connectivity index (χ0v) is 12.7. The third-order valence-electron chi connectivity index (χ3n) is 3.37. The van der Waals surface area contributed by atoms with Gasteiger partial charge in [-0.2, -0.15) is 0 Å². The summed E-state index contributed by atoms with van der Waals surface area (Å²) in [6.45, 7) is 4.56. The number of aryl methyl sites for hydroxylation is 2. The van der Waals surface area contributed by atoms with E-state index >= 15 is 0 Å². The van der Waals surface area contributed by atoms with Crippen molar-refractivity contribution in [3.8, 4) is 11.4 Å². The fourth-order valence-corrected chi connectivity index (χ4v) is 2.28. The molecular formula is C13H19N5OS. The Morgan fingerprint density at radius 1 is 1.45 bits per heavy atom. The molecule has 0 spiro atoms. The predicted octanol–water partition coefficient (Wildman–Crippen LogP) is 1.39. The summed E-state index contributed by atoms with van der Waals surface area (Å²) in [5, 5.41) is 11.9. The van der Waals surface area contributed by atoms with Gasteiger partial charge in [0.2, 0.25) is 0 Å². The molecule has 0 saturated heterocycles. The summed E-state index contributed by atoms with van der Waals surface area (Å²) in [5.74, 6) is 0.710. The van der Waals surface area contributed by atoms with Crippen LogP contribution in [0.25, 0.3) is 11.4 Å². The minimum atomic E-state index is -0.828. The lowest BCUT2D eigenvalue weighted by atomic mass is 10.1. The lowest BCUT2D eigenvalue weighted by Crippen LogP contribution is -2.14. The van der Waals surface area contributed by atoms with Crippen molar-refractivity contribution < 1.29 is 4.21 Å². The molecule has 108 valence electrons. The molecule has 1 aromatic carbocycles. The van der Waals surface area contributed by atoms with Crippen LogP contribution in [0.5, 0.6) is 0 Å². The van der Waals surface area contributed by atoms with E-state index in [1.807, 2.05) is 32.0 Å². The van der Waals surface area contributed by atoms with E-state index in [-0.39, 0.29) is 5.25 Å². The molecule has 1 heterocycles. The van der Waals surface area contributed by atoms with E-state index in [4.69, 9.17) is 5.73 Å². The summed E-state index contributed by atoms with van der Waals surface area (Å²) >= 11 is 0. The molecule has 0 bridgehead atoms. The van der Waals surface area contributed by atoms with Crippen molar-refractivity contribution in [3.05, 3.63) is 23.8 Å². The standard InChI is InChI=1S/C13H19N5OS/c1-9-8-11(4-5-12(9)14)13-15-16-17-18(13)7-6-10(2)20(3)19/h4-5,8,10H,6-7,14H2,1-3H3. The normalized spacial score (nSPS) is 14.2. The SMILES string of the molecule is Cc1cc(-c2nnnn2CCC(C)S(C)=O)ccc1N. The third-order valence-corrected chi connectivity index (χ3v) is 4.74. The average Bonchev–Trinajstić information content (AvgIpc) is 2.87. The van der Waals surface area contributed by atoms with Gasteiger partial charge in [0.1, 0.15) is 0 Å². The van der Waals surface area contributed by atoms with Gasteiger partial charge in [-0.3, -0.25) is 4.21 Å². The molecule has 2 rings (SSSR count). The highest BCUT2D eigenvalue weighted by Gasteiger charge is 2.12. The summed E-state index contributed by atoms with van der Waals surface area (Å²) in [6, 6.07) is 5.73. The van der Waals surface area contributed by atoms with Gasteiger partial charge < -0.3 is 5.73 Å². The van der Waals surface area contributed by atoms with E-state index < -0.39 is 10.8 Å². The van der Waals surface area contributed by atoms with E-state index in [2.05, 4.69) is 15.5 Å². The molecule has 0 aliphatic rings. The van der Waals surface area contributed by atoms with Crippen LogP contribution in [0.4, 0.5) is 5.69 Å². The van der Waals surface area contributed by atoms with Crippen LogP contribution in [0.15, 0.2) is 18.2 Å². The zero-order chi connectivity index (χ0) is 14.7. The number of nitrogen functional groups attached to an aromatic ring is 1. The molecule has 0 saturated carbocycles. The number of hydrogen-bond donors (Lipinski definition) is 1. The Morgan fingerprint density at radius 3 is 2.85 bits per heavy atom. The van der Waals surface area contributed by atoms with Gasteiger partial charge in [-0.05, 0) is 47.5 Å². The van der Waals surface area contributed by atoms with Crippen LogP contribution >= 0.6 is 0 Å². The monoisotopic (exact) mass is 293 g/mol. The van der Waals surface area contributed by atoms with Crippen molar-refractivity contribution in [3.63, 3.8) is 0 Å². The quantitative estimate of drug-likeness (QED) is 0.842. The molecule has 0 fully saturated rings. The largest absolute Gasteiger partial charge is 0.399 e. The van der Waals surface area contributed by atoms with Gasteiger partial charge in [-0.25, -0.2) is 4.68 Å². The van der Waals surface area contributed by atoms with Crippen molar-refractivity contribution in [2.75, 3.05) is 12.0 Å². The Balaban J connectivity index is 2.19. The molecule has 0 aliphatic heterocycles. The molecule has 20 heavy (non-hydrogen) atoms. The Labute approximate surface area is 120 Å². The van der Waals surface area contributed by atoms with Gasteiger partial charge in [-0.1, -0.05) is 6.92 Å². The van der Waals surface area contributed by atoms with Gasteiger partial charge >= 0.3 is 0 Å². The highest BCUT2D eigenvalue weighted by Crippen LogP contribution is 2.21. The summed E-state index contributed by atoms with van der Waals surface area (Å²) in [5.41, 5.74) is 8.51. The molecule has 2 N–H and O–H groups in total. The van der Waals surface area contributed by atoms with Gasteiger partial charge in [0.05, 0.1) is 0 Å². The first-order valence-electron chi connectivity index (χ1n) is 6.44. The summed E-state index contributed by atoms with van der Waals surface area (Å²) < 4.78 is 13.1. The van der Waals surface area contributed by atoms with Crippen molar-refractivity contribution in [1.82, 2.24) is 20.2 Å². The molecule has 2 atom stereocenters. The minimum Gasteiger partial charge on any atom is -0.399 e. The first-order chi connectivity index (χ1) is 9.49. The molecule has 0 aliphatic carbocycles. The summed E-state index contributed by atoms with van der Waals surface area (Å²) in [6.07, 6.45) is 2.49. The Morgan fingerprint density at radius 2 is 2.20 bits per heavy atom. The maximum absolute atomic E-state index is 11.4. The molecule has 1 aromatic heterocycles. The van der Waals surface area contributed by atoms with Crippen molar-refractivity contribution in [2.24, 2.45) is 0 Å². The Bertz CT molecular complexity index is 625. The first-order valence-corrected chi connectivity index (χ1v) is 8.06. The van der Waals surface area contributed by atoms with Crippen molar-refractivity contribution >= 4 is 16.5 Å². The second kappa shape index (κ2) is 6.13. The molecule has 2 aromatic rings. The molecule has 6 nitrogen and oxygen atoms in total. The summed E-state index contributed by atoms with van der Waals surface area (Å²) in [4.78, 5) is 0. The van der Waals surface area contributed by atoms with E-state index in [1.54, 1.807) is 10.9 Å². The van der Waals surface area contributed by atoms with Crippen LogP contribution in [0.2, 0.25) is 0 Å². The minimum absolute atomic E-state index is 0.125. The van der Waals surface area contributed by atoms with Gasteiger partial charge in [0.25, 0.3) is 0 Å². The smallest absolute Gasteiger partial charge is 0.182 e. The average molecular weight is 293 g/mol. The molecule has 2 unspecified atom stereocenters. The van der Waals surface area contributed by atoms with E-state index in [9.17, 15) is 4.21 Å². The van der Waals surface area contributed by atoms with Gasteiger partial charge in [-0.15, -0.1) is 5.10 Å². The fraction of sp³-hybridized carbons (Fsp3) is 0.462. The summed E-state index contributed by atoms with van der Waals surface area (Å²) in [7, 11) is -0.828. The second-order valence-corrected chi connectivity index (χ2v) is 6.70. The van der Waals surface area contributed by atoms with Crippen LogP contribution in [0.3, 0.4) is 0 Å². The predicted molar refractivity (Wildman–Crippen MR) is 80.5 cm³/mol. The van der Waals surface area contributed by atoms with Crippen LogP contribution in [-0.2, 0) is 17.3 Å². The number of aromatic nitrogens is 4. The van der Waals surface area contributed by atoms with Crippen LogP contribution in [-0.4, -0.2) is 35.9 Å². The highest BCUT2D eigenvalue weighted by atomic mass is 32.2. The topological polar surface area (TPSA) is 86.7 Å². The first kappa shape index (κ1) is 14.6. The molecular weight excluding hydrogens is 274 g/mol. The van der Waals surface area contributed by atoms with Crippen molar-refractivity contribution in [2.45, 2.75) is 32.1 Å². The number of nitrogens with two attached hydrogens (primary N) is 1. The van der Waals surface area contributed by atoms with E-state index in [0.717, 1.165) is 23.2 Å². The number of anilines is 1. The van der Waals surface area contributed by atoms with Gasteiger partial charge in [0.15, 0.2) is 5.82 Å². The number of nitrogens with zero attached hydrogens (tertiary/aromatic N) is 4. The number of hydrogen-bond acceptors (Lipinski definition) is 5. The Hall–Kier alpha value is -1.76. The highest BCUT2D eigenvalue weighted by molar-refractivity contribution is 7.84. The number of rotatable bonds is 5. The maximum Gasteiger partial charge on any atom is 0.182 e. The Kier molecular flexibility index (Phi) is 4.49. The van der Waals surface area contributed by atoms with Gasteiger partial charge in [0, 0.05) is 40.1 Å². The van der Waals surface area contributed by atoms with E-state index in [0.29, 0.717) is 12.4 Å². The molecule has 0 amide bonds. The second-order valence-electron chi connectivity index (χ2n) is 4.89. The van der Waals surface area contributed by atoms with Crippen LogP contribution in [0.1, 0.15) is 18.9 Å². The van der Waals surface area contributed by atoms with Crippen molar-refractivity contribution in [1.29, 1.82) is 0 Å². The molecule has 0 radical (unpaired) electrons. The zero-order valence-electron chi connectivity index (χ0n) is 11.9. The fourth-order valence-electron chi connectivity index (χ4n) is 1.85. The van der Waals surface area contributed by atoms with Crippen LogP contribution < -0.4 is 5.73 Å². The van der Waals surface area contributed by atoms with E-state index in [1.165, 1.54) is 0 Å². The lowest BCUT2D eigenvalue weighted by molar-refractivity contribution is 0.556. The number of benzene rings is 1. The van der Waals surface area contributed by atoms with Crippen LogP contribution in [0, 0.1) is 6.92 Å². The number of tetrazole rings is 1. The lowest BCUT2D eigenvalue weighted by Gasteiger charge is -2.09. The maximum atomic E-state index is 11.4. The molecule has 7 heteroatoms. The third kappa shape index (κ3) is 3.22.